The molecule has 3 N–H and O–H groups in total. The molecule has 1 unspecified atom stereocenters. The van der Waals surface area contributed by atoms with Gasteiger partial charge in [-0.25, -0.2) is 0 Å². The van der Waals surface area contributed by atoms with Crippen LogP contribution in [0.25, 0.3) is 0 Å². The van der Waals surface area contributed by atoms with E-state index in [-0.39, 0.29) is 13.3 Å². The molecule has 108 valence electrons. The molecule has 0 spiro atoms. The van der Waals surface area contributed by atoms with Gasteiger partial charge in [0.2, 0.25) is 11.8 Å². The summed E-state index contributed by atoms with van der Waals surface area (Å²) in [4.78, 5) is 42.6. The van der Waals surface area contributed by atoms with Crippen LogP contribution in [-0.2, 0) is 23.9 Å². The van der Waals surface area contributed by atoms with Gasteiger partial charge in [0, 0.05) is 6.92 Å². The summed E-state index contributed by atoms with van der Waals surface area (Å²) in [5.74, 6) is -1.55. The zero-order chi connectivity index (χ0) is 13.3. The number of ether oxygens (including phenoxy) is 1. The summed E-state index contributed by atoms with van der Waals surface area (Å²) >= 11 is 0. The molecule has 0 aromatic heterocycles. The Labute approximate surface area is 98.1 Å². The van der Waals surface area contributed by atoms with Crippen LogP contribution in [0.3, 0.4) is 0 Å². The molecule has 1 atom stereocenters. The zero-order valence-electron chi connectivity index (χ0n) is 9.82. The molecule has 0 saturated heterocycles. The van der Waals surface area contributed by atoms with E-state index in [9.17, 15) is 19.2 Å². The number of carbonyl (C=O) groups excluding carboxylic acids is 4. The van der Waals surface area contributed by atoms with E-state index < -0.39 is 23.8 Å². The minimum absolute atomic E-state index is 0. The first-order valence-electron chi connectivity index (χ1n) is 4.77. The smallest absolute Gasteiger partial charge is 0.304 e. The Morgan fingerprint density at radius 2 is 1.89 bits per heavy atom. The van der Waals surface area contributed by atoms with E-state index in [1.807, 2.05) is 0 Å². The first-order chi connectivity index (χ1) is 7.97. The van der Waals surface area contributed by atoms with E-state index in [1.54, 1.807) is 0 Å². The van der Waals surface area contributed by atoms with Gasteiger partial charge in [0.25, 0.3) is 0 Å². The second-order valence-corrected chi connectivity index (χ2v) is 3.07. The van der Waals surface area contributed by atoms with Gasteiger partial charge in [0.15, 0.2) is 6.73 Å². The molecular weight excluding hydrogens is 487 g/mol. The largest absolute Gasteiger partial charge is 0.520 e. The van der Waals surface area contributed by atoms with E-state index in [0.717, 1.165) is 0 Å². The second kappa shape index (κ2) is 9.13. The van der Waals surface area contributed by atoms with Gasteiger partial charge in [0.05, 0.1) is 12.6 Å². The van der Waals surface area contributed by atoms with Crippen molar-refractivity contribution in [3.05, 3.63) is 0 Å². The average Bonchev–Trinajstić information content (AvgIpc) is 2.25. The Balaban J connectivity index is 0. The van der Waals surface area contributed by atoms with Crippen molar-refractivity contribution in [3.63, 3.8) is 0 Å². The van der Waals surface area contributed by atoms with Crippen molar-refractivity contribution in [2.24, 2.45) is 0 Å². The van der Waals surface area contributed by atoms with E-state index >= 15 is 0 Å². The van der Waals surface area contributed by atoms with Crippen molar-refractivity contribution < 1.29 is 23.9 Å². The van der Waals surface area contributed by atoms with Gasteiger partial charge < -0.3 is 25.5 Å². The quantitative estimate of drug-likeness (QED) is 0.159. The number of rotatable bonds is 7. The number of carbonyl (C=O) groups is 3. The van der Waals surface area contributed by atoms with Crippen molar-refractivity contribution in [2.75, 3.05) is 13.3 Å². The second-order valence-electron chi connectivity index (χ2n) is 3.07. The molecule has 0 fully saturated rings. The van der Waals surface area contributed by atoms with Crippen molar-refractivity contribution >= 4 is 24.2 Å². The molecule has 0 aromatic carbocycles. The molecule has 0 heterocycles. The monoisotopic (exact) mass is 501 g/mol. The van der Waals surface area contributed by atoms with Crippen LogP contribution in [0, 0.1) is 0 Å². The van der Waals surface area contributed by atoms with Gasteiger partial charge in [-0.1, -0.05) is 0 Å². The fourth-order valence-electron chi connectivity index (χ4n) is 0.755. The number of hydrogen-bond donors (Lipinski definition) is 3. The Morgan fingerprint density at radius 1 is 1.28 bits per heavy atom. The standard InChI is InChI=1S/C9H14N3O5.Fm/c1-6(11-4-13)9(16)10-3-8(15)12-5-17-7(2)14;/h6H,3,5H2,1-2H3,(H,10,16)(H,11,13)(H,12,15);/q-1;. The van der Waals surface area contributed by atoms with Crippen LogP contribution in [0.15, 0.2) is 0 Å². The summed E-state index contributed by atoms with van der Waals surface area (Å²) in [6, 6.07) is -0.770. The van der Waals surface area contributed by atoms with Gasteiger partial charge in [-0.2, -0.15) is 6.41 Å². The summed E-state index contributed by atoms with van der Waals surface area (Å²) in [5.41, 5.74) is 0. The van der Waals surface area contributed by atoms with Crippen LogP contribution in [0.4, 0.5) is 0 Å². The molecule has 18 heavy (non-hydrogen) atoms. The number of esters is 1. The molecule has 0 bridgehead atoms. The van der Waals surface area contributed by atoms with Crippen LogP contribution in [0.2, 0.25) is 0 Å². The average molecular weight is 501 g/mol. The Hall–Kier alpha value is -3.12. The molecule has 0 saturated carbocycles. The first-order valence-corrected chi connectivity index (χ1v) is 4.77. The van der Waals surface area contributed by atoms with Gasteiger partial charge in [-0.15, -0.1) is 0 Å². The fourth-order valence-corrected chi connectivity index (χ4v) is 0.755. The van der Waals surface area contributed by atoms with Gasteiger partial charge >= 0.3 is 5.97 Å². The third-order valence-electron chi connectivity index (χ3n) is 1.64. The summed E-state index contributed by atoms with van der Waals surface area (Å²) in [6.07, 6.45) is 1.36. The SMILES string of the molecule is CC(=O)OCNC(=O)CNC(=O)C(C)N[C-]=O.[Fm]. The van der Waals surface area contributed by atoms with Crippen LogP contribution < -0.4 is 16.0 Å². The van der Waals surface area contributed by atoms with E-state index in [2.05, 4.69) is 20.7 Å². The molecule has 0 aliphatic carbocycles. The molecule has 0 aliphatic heterocycles. The third kappa shape index (κ3) is 8.21. The first kappa shape index (κ1) is 17.3. The Bertz CT molecular complexity index is 311. The van der Waals surface area contributed by atoms with Crippen molar-refractivity contribution in [1.29, 1.82) is 0 Å². The zero-order valence-corrected chi connectivity index (χ0v) is 12.2. The van der Waals surface area contributed by atoms with Crippen molar-refractivity contribution in [3.8, 4) is 0 Å². The van der Waals surface area contributed by atoms with Crippen LogP contribution in [0.1, 0.15) is 13.8 Å². The maximum absolute atomic E-state index is 11.2. The van der Waals surface area contributed by atoms with Crippen molar-refractivity contribution in [1.82, 2.24) is 16.0 Å². The number of amides is 3. The summed E-state index contributed by atoms with van der Waals surface area (Å²) in [7, 11) is 0. The maximum atomic E-state index is 11.2. The summed E-state index contributed by atoms with van der Waals surface area (Å²) in [6.45, 7) is 2.12. The summed E-state index contributed by atoms with van der Waals surface area (Å²) < 4.78 is 4.46. The molecule has 3 amide bonds. The Morgan fingerprint density at radius 3 is 2.39 bits per heavy atom. The molecule has 0 aromatic rings. The van der Waals surface area contributed by atoms with E-state index in [4.69, 9.17) is 0 Å². The molecule has 9 heteroatoms. The number of hydrogen-bond acceptors (Lipinski definition) is 5. The van der Waals surface area contributed by atoms with Crippen LogP contribution in [0.5, 0.6) is 0 Å². The Kier molecular flexibility index (Phi) is 8.77. The third-order valence-corrected chi connectivity index (χ3v) is 1.64. The normalized spacial score (nSPS) is 10.3. The number of nitrogens with one attached hydrogen (secondary N) is 3. The predicted octanol–water partition coefficient (Wildman–Crippen LogP) is -2.22. The van der Waals surface area contributed by atoms with E-state index in [1.165, 1.54) is 20.3 Å². The van der Waals surface area contributed by atoms with Crippen molar-refractivity contribution in [2.45, 2.75) is 19.9 Å². The van der Waals surface area contributed by atoms with E-state index in [0.29, 0.717) is 0 Å². The minimum Gasteiger partial charge on any atom is -0.520 e. The minimum atomic E-state index is -0.770. The molecule has 0 rings (SSSR count). The molecule has 0 radical (unpaired) electrons. The topological polar surface area (TPSA) is 114 Å². The van der Waals surface area contributed by atoms with Gasteiger partial charge in [-0.05, 0) is 6.92 Å². The summed E-state index contributed by atoms with van der Waals surface area (Å²) in [5, 5.41) is 6.63. The predicted molar refractivity (Wildman–Crippen MR) is 56.1 cm³/mol. The van der Waals surface area contributed by atoms with Crippen LogP contribution >= 0.6 is 0 Å². The maximum Gasteiger partial charge on any atom is 0.304 e. The van der Waals surface area contributed by atoms with Gasteiger partial charge in [0.1, 0.15) is 0 Å². The van der Waals surface area contributed by atoms with Crippen LogP contribution in [-0.4, -0.2) is 43.5 Å². The molecular formula is C9H14FmN3O5-. The molecule has 0 aliphatic rings. The fraction of sp³-hybridized carbons (Fsp3) is 0.556. The van der Waals surface area contributed by atoms with Gasteiger partial charge in [-0.3, -0.25) is 14.4 Å². The molecule has 8 nitrogen and oxygen atoms in total.